The van der Waals surface area contributed by atoms with Crippen LogP contribution in [0.2, 0.25) is 0 Å². The van der Waals surface area contributed by atoms with Gasteiger partial charge < -0.3 is 14.7 Å². The number of nitrogens with one attached hydrogen (secondary N) is 3. The molecule has 3 N–H and O–H groups in total. The minimum Gasteiger partial charge on any atom is -0.460 e. The predicted octanol–water partition coefficient (Wildman–Crippen LogP) is 4.10. The Morgan fingerprint density at radius 2 is 2.04 bits per heavy atom. The van der Waals surface area contributed by atoms with Crippen LogP contribution in [0.15, 0.2) is 47.1 Å². The summed E-state index contributed by atoms with van der Waals surface area (Å²) in [5, 5.41) is 12.0. The summed E-state index contributed by atoms with van der Waals surface area (Å²) in [5.74, 6) is 1.73. The lowest BCUT2D eigenvalue weighted by Crippen LogP contribution is -2.16. The Hall–Kier alpha value is -2.79. The lowest BCUT2D eigenvalue weighted by molar-refractivity contribution is 0.545. The second kappa shape index (κ2) is 6.61. The molecule has 0 aliphatic rings. The number of H-pyrrole nitrogens is 2. The maximum absolute atomic E-state index is 5.69. The van der Waals surface area contributed by atoms with Gasteiger partial charge in [-0.05, 0) is 56.1 Å². The summed E-state index contributed by atoms with van der Waals surface area (Å²) in [5.41, 5.74) is 5.89. The van der Waals surface area contributed by atoms with Crippen LogP contribution in [-0.2, 0) is 13.0 Å². The van der Waals surface area contributed by atoms with E-state index in [0.29, 0.717) is 0 Å². The summed E-state index contributed by atoms with van der Waals surface area (Å²) in [6.45, 7) is 5.72. The van der Waals surface area contributed by atoms with E-state index in [0.717, 1.165) is 42.3 Å². The third-order valence-corrected chi connectivity index (χ3v) is 4.51. The molecule has 25 heavy (non-hydrogen) atoms. The number of hydrogen-bond acceptors (Lipinski definition) is 3. The Balaban J connectivity index is 1.38. The molecule has 0 aliphatic heterocycles. The van der Waals surface area contributed by atoms with Crippen molar-refractivity contribution >= 4 is 10.9 Å². The molecule has 5 heteroatoms. The van der Waals surface area contributed by atoms with E-state index in [1.165, 1.54) is 22.0 Å². The fourth-order valence-corrected chi connectivity index (χ4v) is 3.18. The molecule has 128 valence electrons. The zero-order valence-electron chi connectivity index (χ0n) is 14.5. The molecule has 0 saturated carbocycles. The lowest BCUT2D eigenvalue weighted by Gasteiger charge is -2.05. The van der Waals surface area contributed by atoms with Crippen molar-refractivity contribution in [3.05, 3.63) is 65.2 Å². The van der Waals surface area contributed by atoms with E-state index < -0.39 is 0 Å². The van der Waals surface area contributed by atoms with E-state index in [9.17, 15) is 0 Å². The highest BCUT2D eigenvalue weighted by molar-refractivity contribution is 5.83. The lowest BCUT2D eigenvalue weighted by atomic mass is 10.1. The van der Waals surface area contributed by atoms with E-state index in [2.05, 4.69) is 51.8 Å². The molecule has 3 heterocycles. The van der Waals surface area contributed by atoms with Gasteiger partial charge in [0.05, 0.1) is 6.20 Å². The van der Waals surface area contributed by atoms with Crippen molar-refractivity contribution in [2.75, 3.05) is 6.54 Å². The monoisotopic (exact) mass is 334 g/mol. The first-order chi connectivity index (χ1) is 12.2. The van der Waals surface area contributed by atoms with Gasteiger partial charge in [-0.15, -0.1) is 0 Å². The van der Waals surface area contributed by atoms with Gasteiger partial charge in [0.1, 0.15) is 11.5 Å². The number of fused-ring (bicyclic) bond motifs is 1. The molecule has 0 radical (unpaired) electrons. The smallest absolute Gasteiger partial charge is 0.152 e. The summed E-state index contributed by atoms with van der Waals surface area (Å²) in [6, 6.07) is 10.5. The first kappa shape index (κ1) is 15.7. The molecule has 3 aromatic heterocycles. The van der Waals surface area contributed by atoms with Crippen LogP contribution in [0.25, 0.3) is 22.4 Å². The average molecular weight is 334 g/mol. The summed E-state index contributed by atoms with van der Waals surface area (Å²) in [4.78, 5) is 3.36. The normalized spacial score (nSPS) is 11.4. The van der Waals surface area contributed by atoms with Crippen molar-refractivity contribution < 1.29 is 4.42 Å². The molecular weight excluding hydrogens is 312 g/mol. The molecule has 0 aliphatic carbocycles. The molecule has 0 atom stereocenters. The number of nitrogens with zero attached hydrogens (tertiary/aromatic N) is 1. The molecular formula is C20H22N4O. The molecule has 0 bridgehead atoms. The molecule has 0 unspecified atom stereocenters. The number of furan rings is 1. The van der Waals surface area contributed by atoms with E-state index in [-0.39, 0.29) is 0 Å². The van der Waals surface area contributed by atoms with Crippen molar-refractivity contribution in [3.8, 4) is 11.5 Å². The summed E-state index contributed by atoms with van der Waals surface area (Å²) >= 11 is 0. The van der Waals surface area contributed by atoms with Gasteiger partial charge in [-0.25, -0.2) is 0 Å². The molecule has 0 saturated heterocycles. The number of hydrogen-bond donors (Lipinski definition) is 3. The number of aromatic nitrogens is 3. The van der Waals surface area contributed by atoms with E-state index in [1.54, 1.807) is 0 Å². The highest BCUT2D eigenvalue weighted by Crippen LogP contribution is 2.23. The summed E-state index contributed by atoms with van der Waals surface area (Å²) < 4.78 is 5.69. The van der Waals surface area contributed by atoms with Crippen molar-refractivity contribution in [1.82, 2.24) is 20.5 Å². The van der Waals surface area contributed by atoms with Gasteiger partial charge in [0.25, 0.3) is 0 Å². The molecule has 4 rings (SSSR count). The van der Waals surface area contributed by atoms with Gasteiger partial charge in [0.15, 0.2) is 5.76 Å². The van der Waals surface area contributed by atoms with Crippen molar-refractivity contribution in [2.24, 2.45) is 0 Å². The Labute approximate surface area is 146 Å². The minimum atomic E-state index is 0.757. The largest absolute Gasteiger partial charge is 0.460 e. The second-order valence-corrected chi connectivity index (χ2v) is 6.47. The third kappa shape index (κ3) is 3.23. The van der Waals surface area contributed by atoms with Gasteiger partial charge in [0.2, 0.25) is 0 Å². The van der Waals surface area contributed by atoms with Gasteiger partial charge in [-0.1, -0.05) is 12.1 Å². The van der Waals surface area contributed by atoms with Crippen LogP contribution in [0, 0.1) is 13.8 Å². The Morgan fingerprint density at radius 1 is 1.12 bits per heavy atom. The van der Waals surface area contributed by atoms with E-state index in [4.69, 9.17) is 4.42 Å². The standard InChI is InChI=1S/C20H22N4O/c1-13-3-5-17-15(11-22-18(17)9-13)7-8-21-10-16-12-23-24-20(16)19-6-4-14(2)25-19/h3-6,9,11-12,21-22H,7-8,10H2,1-2H3,(H,23,24). The highest BCUT2D eigenvalue weighted by atomic mass is 16.3. The SMILES string of the molecule is Cc1ccc2c(CCNCc3cn[nH]c3-c3ccc(C)o3)c[nH]c2c1. The highest BCUT2D eigenvalue weighted by Gasteiger charge is 2.11. The minimum absolute atomic E-state index is 0.757. The first-order valence-electron chi connectivity index (χ1n) is 8.57. The molecule has 0 spiro atoms. The van der Waals surface area contributed by atoms with Gasteiger partial charge in [-0.2, -0.15) is 5.10 Å². The van der Waals surface area contributed by atoms with Crippen LogP contribution in [-0.4, -0.2) is 21.7 Å². The molecule has 0 fully saturated rings. The van der Waals surface area contributed by atoms with Crippen molar-refractivity contribution in [1.29, 1.82) is 0 Å². The maximum atomic E-state index is 5.69. The number of rotatable bonds is 6. The summed E-state index contributed by atoms with van der Waals surface area (Å²) in [7, 11) is 0. The Bertz CT molecular complexity index is 992. The second-order valence-electron chi connectivity index (χ2n) is 6.47. The Kier molecular flexibility index (Phi) is 4.15. The van der Waals surface area contributed by atoms with Gasteiger partial charge in [-0.3, -0.25) is 5.10 Å². The van der Waals surface area contributed by atoms with Gasteiger partial charge in [0, 0.05) is 29.2 Å². The van der Waals surface area contributed by atoms with Gasteiger partial charge >= 0.3 is 0 Å². The van der Waals surface area contributed by atoms with Crippen LogP contribution >= 0.6 is 0 Å². The molecule has 0 amide bonds. The van der Waals surface area contributed by atoms with Crippen LogP contribution in [0.5, 0.6) is 0 Å². The third-order valence-electron chi connectivity index (χ3n) is 4.51. The van der Waals surface area contributed by atoms with Crippen LogP contribution in [0.4, 0.5) is 0 Å². The predicted molar refractivity (Wildman–Crippen MR) is 99.5 cm³/mol. The van der Waals surface area contributed by atoms with Crippen LogP contribution in [0.1, 0.15) is 22.5 Å². The first-order valence-corrected chi connectivity index (χ1v) is 8.57. The van der Waals surface area contributed by atoms with Crippen molar-refractivity contribution in [3.63, 3.8) is 0 Å². The molecule has 5 nitrogen and oxygen atoms in total. The maximum Gasteiger partial charge on any atom is 0.152 e. The Morgan fingerprint density at radius 3 is 2.88 bits per heavy atom. The van der Waals surface area contributed by atoms with Crippen LogP contribution < -0.4 is 5.32 Å². The number of benzene rings is 1. The molecule has 4 aromatic rings. The zero-order chi connectivity index (χ0) is 17.2. The fraction of sp³-hybridized carbons (Fsp3) is 0.250. The quantitative estimate of drug-likeness (QED) is 0.465. The fourth-order valence-electron chi connectivity index (χ4n) is 3.18. The van der Waals surface area contributed by atoms with Crippen LogP contribution in [0.3, 0.4) is 0 Å². The zero-order valence-corrected chi connectivity index (χ0v) is 14.5. The number of aromatic amines is 2. The van der Waals surface area contributed by atoms with E-state index >= 15 is 0 Å². The summed E-state index contributed by atoms with van der Waals surface area (Å²) in [6.07, 6.45) is 4.95. The molecule has 1 aromatic carbocycles. The van der Waals surface area contributed by atoms with E-state index in [1.807, 2.05) is 25.3 Å². The topological polar surface area (TPSA) is 69.6 Å². The average Bonchev–Trinajstić information content (AvgIpc) is 3.31. The van der Waals surface area contributed by atoms with Crippen molar-refractivity contribution in [2.45, 2.75) is 26.8 Å². The number of aryl methyl sites for hydroxylation is 2.